The van der Waals surface area contributed by atoms with Crippen LogP contribution >= 0.6 is 12.4 Å². The summed E-state index contributed by atoms with van der Waals surface area (Å²) in [5.41, 5.74) is 1.15. The summed E-state index contributed by atoms with van der Waals surface area (Å²) in [5.74, 6) is 0.246. The maximum atomic E-state index is 12.2. The summed E-state index contributed by atoms with van der Waals surface area (Å²) in [6, 6.07) is 9.62. The van der Waals surface area contributed by atoms with Gasteiger partial charge in [-0.15, -0.1) is 25.6 Å². The number of nitrogens with one attached hydrogen (secondary N) is 1. The second kappa shape index (κ2) is 9.77. The van der Waals surface area contributed by atoms with E-state index in [1.165, 1.54) is 24.3 Å². The molecule has 0 radical (unpaired) electrons. The van der Waals surface area contributed by atoms with Crippen molar-refractivity contribution in [2.45, 2.75) is 12.4 Å². The average Bonchev–Trinajstić information content (AvgIpc) is 2.63. The lowest BCUT2D eigenvalue weighted by Crippen LogP contribution is -2.47. The Kier molecular flexibility index (Phi) is 7.70. The fourth-order valence-electron chi connectivity index (χ4n) is 2.93. The molecule has 0 aliphatic carbocycles. The van der Waals surface area contributed by atoms with Crippen molar-refractivity contribution >= 4 is 12.4 Å². The van der Waals surface area contributed by atoms with Gasteiger partial charge in [-0.3, -0.25) is 9.88 Å². The molecular formula is C18H21ClF3N3O2. The molecule has 1 aromatic carbocycles. The molecule has 1 unspecified atom stereocenters. The van der Waals surface area contributed by atoms with Crippen molar-refractivity contribution in [2.75, 3.05) is 32.8 Å². The monoisotopic (exact) mass is 403 g/mol. The summed E-state index contributed by atoms with van der Waals surface area (Å²) in [6.07, 6.45) is -1.07. The number of pyridine rings is 1. The number of ether oxygens (including phenoxy) is 2. The topological polar surface area (TPSA) is 46.6 Å². The first-order valence-corrected chi connectivity index (χ1v) is 8.34. The van der Waals surface area contributed by atoms with Crippen LogP contribution in [0.4, 0.5) is 13.2 Å². The molecule has 0 bridgehead atoms. The molecule has 0 saturated carbocycles. The fourth-order valence-corrected chi connectivity index (χ4v) is 2.93. The first kappa shape index (κ1) is 21.3. The Morgan fingerprint density at radius 3 is 2.56 bits per heavy atom. The Labute approximate surface area is 161 Å². The Hall–Kier alpha value is -2.03. The smallest absolute Gasteiger partial charge is 0.492 e. The first-order valence-electron chi connectivity index (χ1n) is 8.34. The van der Waals surface area contributed by atoms with Crippen LogP contribution in [0, 0.1) is 0 Å². The highest BCUT2D eigenvalue weighted by atomic mass is 35.5. The number of hydrogen-bond acceptors (Lipinski definition) is 5. The largest absolute Gasteiger partial charge is 0.573 e. The van der Waals surface area contributed by atoms with Gasteiger partial charge in [-0.25, -0.2) is 0 Å². The van der Waals surface area contributed by atoms with E-state index in [4.69, 9.17) is 4.74 Å². The molecule has 2 heterocycles. The van der Waals surface area contributed by atoms with E-state index in [0.717, 1.165) is 25.2 Å². The van der Waals surface area contributed by atoms with Gasteiger partial charge in [-0.2, -0.15) is 0 Å². The van der Waals surface area contributed by atoms with Gasteiger partial charge in [0.25, 0.3) is 0 Å². The minimum Gasteiger partial charge on any atom is -0.492 e. The van der Waals surface area contributed by atoms with E-state index in [1.54, 1.807) is 6.20 Å². The standard InChI is InChI=1S/C18H20F3N3O2.ClH/c19-18(20,21)26-16-5-3-15(4-6-16)25-11-10-24-9-8-23-13-17(24)14-2-1-7-22-12-14;/h1-7,12,17,23H,8-11,13H2;1H. The SMILES string of the molecule is Cl.FC(F)(F)Oc1ccc(OCCN2CCNCC2c2cccnc2)cc1. The normalized spacial score (nSPS) is 17.8. The molecule has 27 heavy (non-hydrogen) atoms. The molecule has 1 aliphatic rings. The summed E-state index contributed by atoms with van der Waals surface area (Å²) in [6.45, 7) is 3.79. The zero-order valence-corrected chi connectivity index (χ0v) is 15.3. The zero-order valence-electron chi connectivity index (χ0n) is 14.5. The molecule has 5 nitrogen and oxygen atoms in total. The predicted octanol–water partition coefficient (Wildman–Crippen LogP) is 3.43. The number of rotatable bonds is 6. The van der Waals surface area contributed by atoms with Crippen LogP contribution in [0.1, 0.15) is 11.6 Å². The van der Waals surface area contributed by atoms with Crippen molar-refractivity contribution in [1.82, 2.24) is 15.2 Å². The van der Waals surface area contributed by atoms with Crippen molar-refractivity contribution in [3.05, 3.63) is 54.4 Å². The third-order valence-corrected chi connectivity index (χ3v) is 4.13. The number of aromatic nitrogens is 1. The first-order chi connectivity index (χ1) is 12.5. The van der Waals surface area contributed by atoms with E-state index in [1.807, 2.05) is 12.3 Å². The van der Waals surface area contributed by atoms with Gasteiger partial charge in [0.15, 0.2) is 0 Å². The molecule has 0 amide bonds. The Bertz CT molecular complexity index is 687. The van der Waals surface area contributed by atoms with Gasteiger partial charge < -0.3 is 14.8 Å². The molecule has 9 heteroatoms. The van der Waals surface area contributed by atoms with Crippen molar-refractivity contribution in [3.63, 3.8) is 0 Å². The van der Waals surface area contributed by atoms with Crippen LogP contribution < -0.4 is 14.8 Å². The van der Waals surface area contributed by atoms with Crippen LogP contribution in [0.3, 0.4) is 0 Å². The van der Waals surface area contributed by atoms with Gasteiger partial charge in [-0.1, -0.05) is 6.07 Å². The number of piperazine rings is 1. The molecule has 148 valence electrons. The van der Waals surface area contributed by atoms with Crippen LogP contribution in [0.2, 0.25) is 0 Å². The Morgan fingerprint density at radius 1 is 1.15 bits per heavy atom. The second-order valence-electron chi connectivity index (χ2n) is 5.91. The second-order valence-corrected chi connectivity index (χ2v) is 5.91. The van der Waals surface area contributed by atoms with Crippen LogP contribution in [0.5, 0.6) is 11.5 Å². The molecule has 1 fully saturated rings. The predicted molar refractivity (Wildman–Crippen MR) is 97.3 cm³/mol. The van der Waals surface area contributed by atoms with E-state index >= 15 is 0 Å². The summed E-state index contributed by atoms with van der Waals surface area (Å²) in [7, 11) is 0. The maximum Gasteiger partial charge on any atom is 0.573 e. The van der Waals surface area contributed by atoms with Crippen molar-refractivity contribution in [1.29, 1.82) is 0 Å². The van der Waals surface area contributed by atoms with Crippen LogP contribution in [-0.2, 0) is 0 Å². The number of benzene rings is 1. The van der Waals surface area contributed by atoms with Crippen molar-refractivity contribution < 1.29 is 22.6 Å². The van der Waals surface area contributed by atoms with Crippen LogP contribution in [0.15, 0.2) is 48.8 Å². The number of halogens is 4. The highest BCUT2D eigenvalue weighted by Crippen LogP contribution is 2.25. The van der Waals surface area contributed by atoms with E-state index in [2.05, 4.69) is 26.0 Å². The molecule has 1 aromatic heterocycles. The molecule has 2 aromatic rings. The summed E-state index contributed by atoms with van der Waals surface area (Å²) in [5, 5.41) is 3.38. The van der Waals surface area contributed by atoms with Gasteiger partial charge in [0, 0.05) is 44.6 Å². The third kappa shape index (κ3) is 6.57. The summed E-state index contributed by atoms with van der Waals surface area (Å²) < 4.78 is 46.0. The lowest BCUT2D eigenvalue weighted by Gasteiger charge is -2.36. The molecule has 0 spiro atoms. The molecule has 1 atom stereocenters. The van der Waals surface area contributed by atoms with Crippen LogP contribution in [0.25, 0.3) is 0 Å². The quantitative estimate of drug-likeness (QED) is 0.800. The highest BCUT2D eigenvalue weighted by molar-refractivity contribution is 5.85. The summed E-state index contributed by atoms with van der Waals surface area (Å²) >= 11 is 0. The van der Waals surface area contributed by atoms with Gasteiger partial charge in [0.05, 0.1) is 0 Å². The Morgan fingerprint density at radius 2 is 1.89 bits per heavy atom. The van der Waals surface area contributed by atoms with E-state index < -0.39 is 6.36 Å². The van der Waals surface area contributed by atoms with Gasteiger partial charge in [0.1, 0.15) is 18.1 Å². The highest BCUT2D eigenvalue weighted by Gasteiger charge is 2.31. The van der Waals surface area contributed by atoms with Gasteiger partial charge in [0.2, 0.25) is 0 Å². The van der Waals surface area contributed by atoms with E-state index in [9.17, 15) is 13.2 Å². The molecule has 3 rings (SSSR count). The van der Waals surface area contributed by atoms with Crippen molar-refractivity contribution in [3.8, 4) is 11.5 Å². The minimum atomic E-state index is -4.69. The number of hydrogen-bond donors (Lipinski definition) is 1. The number of alkyl halides is 3. The van der Waals surface area contributed by atoms with Gasteiger partial charge >= 0.3 is 6.36 Å². The average molecular weight is 404 g/mol. The summed E-state index contributed by atoms with van der Waals surface area (Å²) in [4.78, 5) is 6.49. The van der Waals surface area contributed by atoms with Crippen LogP contribution in [-0.4, -0.2) is 49.0 Å². The molecule has 1 aliphatic heterocycles. The zero-order chi connectivity index (χ0) is 18.4. The lowest BCUT2D eigenvalue weighted by molar-refractivity contribution is -0.274. The third-order valence-electron chi connectivity index (χ3n) is 4.13. The maximum absolute atomic E-state index is 12.2. The molecule has 1 saturated heterocycles. The minimum absolute atomic E-state index is 0. The van der Waals surface area contributed by atoms with E-state index in [0.29, 0.717) is 18.9 Å². The number of nitrogens with zero attached hydrogens (tertiary/aromatic N) is 2. The van der Waals surface area contributed by atoms with E-state index in [-0.39, 0.29) is 24.2 Å². The molecule has 1 N–H and O–H groups in total. The fraction of sp³-hybridized carbons (Fsp3) is 0.389. The van der Waals surface area contributed by atoms with Gasteiger partial charge in [-0.05, 0) is 35.9 Å². The van der Waals surface area contributed by atoms with Crippen molar-refractivity contribution in [2.24, 2.45) is 0 Å². The Balaban J connectivity index is 0.00000261. The lowest BCUT2D eigenvalue weighted by atomic mass is 10.1. The molecular weight excluding hydrogens is 383 g/mol.